The maximum Gasteiger partial charge on any atom is 0.338 e. The molecule has 0 bridgehead atoms. The predicted octanol–water partition coefficient (Wildman–Crippen LogP) is 3.49. The maximum absolute atomic E-state index is 12.6. The molecular formula is C23H24N2O5. The van der Waals surface area contributed by atoms with Crippen molar-refractivity contribution in [1.29, 1.82) is 0 Å². The zero-order valence-corrected chi connectivity index (χ0v) is 17.4. The number of esters is 1. The fourth-order valence-electron chi connectivity index (χ4n) is 3.24. The van der Waals surface area contributed by atoms with Gasteiger partial charge in [-0.3, -0.25) is 19.3 Å². The first-order valence-corrected chi connectivity index (χ1v) is 9.79. The standard InChI is InChI=1S/C23H24N2O5/c1-5-15(4)25-21(27)17-9-8-16(11-18(17)22(25)28)23(29)30-12-20(26)24-19-10-13(2)6-7-14(19)3/h6-11,15H,5,12H2,1-4H3,(H,24,26). The summed E-state index contributed by atoms with van der Waals surface area (Å²) in [4.78, 5) is 50.8. The van der Waals surface area contributed by atoms with Crippen LogP contribution < -0.4 is 5.32 Å². The van der Waals surface area contributed by atoms with Gasteiger partial charge in [0.2, 0.25) is 0 Å². The number of anilines is 1. The van der Waals surface area contributed by atoms with E-state index >= 15 is 0 Å². The van der Waals surface area contributed by atoms with E-state index in [1.807, 2.05) is 39.0 Å². The molecule has 0 spiro atoms. The molecule has 0 saturated heterocycles. The van der Waals surface area contributed by atoms with Crippen molar-refractivity contribution >= 4 is 29.4 Å². The van der Waals surface area contributed by atoms with E-state index in [0.717, 1.165) is 11.1 Å². The summed E-state index contributed by atoms with van der Waals surface area (Å²) in [6.45, 7) is 7.00. The molecule has 0 aliphatic carbocycles. The topological polar surface area (TPSA) is 92.8 Å². The van der Waals surface area contributed by atoms with Crippen molar-refractivity contribution in [1.82, 2.24) is 4.90 Å². The predicted molar refractivity (Wildman–Crippen MR) is 112 cm³/mol. The van der Waals surface area contributed by atoms with Gasteiger partial charge in [-0.05, 0) is 62.6 Å². The van der Waals surface area contributed by atoms with Crippen LogP contribution in [-0.2, 0) is 9.53 Å². The second-order valence-electron chi connectivity index (χ2n) is 7.44. The van der Waals surface area contributed by atoms with Gasteiger partial charge < -0.3 is 10.1 Å². The second kappa shape index (κ2) is 8.49. The fraction of sp³-hybridized carbons (Fsp3) is 0.304. The zero-order valence-electron chi connectivity index (χ0n) is 17.4. The lowest BCUT2D eigenvalue weighted by Crippen LogP contribution is -2.37. The van der Waals surface area contributed by atoms with Crippen LogP contribution in [-0.4, -0.2) is 41.2 Å². The van der Waals surface area contributed by atoms with E-state index < -0.39 is 24.4 Å². The number of rotatable bonds is 6. The third kappa shape index (κ3) is 4.10. The van der Waals surface area contributed by atoms with Gasteiger partial charge in [0.15, 0.2) is 6.61 Å². The Kier molecular flexibility index (Phi) is 6.01. The first kappa shape index (κ1) is 21.2. The quantitative estimate of drug-likeness (QED) is 0.583. The van der Waals surface area contributed by atoms with Crippen molar-refractivity contribution in [2.24, 2.45) is 0 Å². The zero-order chi connectivity index (χ0) is 22.0. The van der Waals surface area contributed by atoms with Gasteiger partial charge in [0.25, 0.3) is 17.7 Å². The molecule has 0 radical (unpaired) electrons. The maximum atomic E-state index is 12.6. The molecule has 156 valence electrons. The van der Waals surface area contributed by atoms with Crippen molar-refractivity contribution in [2.75, 3.05) is 11.9 Å². The van der Waals surface area contributed by atoms with Gasteiger partial charge in [-0.2, -0.15) is 0 Å². The monoisotopic (exact) mass is 408 g/mol. The third-order valence-electron chi connectivity index (χ3n) is 5.19. The minimum atomic E-state index is -0.740. The van der Waals surface area contributed by atoms with Crippen LogP contribution in [0, 0.1) is 13.8 Å². The van der Waals surface area contributed by atoms with Crippen molar-refractivity contribution in [3.8, 4) is 0 Å². The molecule has 2 aromatic carbocycles. The molecule has 1 aliphatic heterocycles. The average Bonchev–Trinajstić information content (AvgIpc) is 2.98. The number of amides is 3. The second-order valence-corrected chi connectivity index (χ2v) is 7.44. The number of fused-ring (bicyclic) bond motifs is 1. The molecule has 7 heteroatoms. The normalized spacial score (nSPS) is 13.8. The van der Waals surface area contributed by atoms with Crippen LogP contribution in [0.25, 0.3) is 0 Å². The third-order valence-corrected chi connectivity index (χ3v) is 5.19. The Morgan fingerprint density at radius 1 is 1.03 bits per heavy atom. The number of hydrogen-bond acceptors (Lipinski definition) is 5. The molecule has 1 aliphatic rings. The largest absolute Gasteiger partial charge is 0.452 e. The Labute approximate surface area is 175 Å². The Morgan fingerprint density at radius 3 is 2.43 bits per heavy atom. The number of benzene rings is 2. The number of imide groups is 1. The highest BCUT2D eigenvalue weighted by molar-refractivity contribution is 6.22. The molecule has 3 rings (SSSR count). The molecule has 1 atom stereocenters. The highest BCUT2D eigenvalue weighted by atomic mass is 16.5. The number of carbonyl (C=O) groups excluding carboxylic acids is 4. The van der Waals surface area contributed by atoms with Crippen LogP contribution in [0.1, 0.15) is 62.5 Å². The SMILES string of the molecule is CCC(C)N1C(=O)c2ccc(C(=O)OCC(=O)Nc3cc(C)ccc3C)cc2C1=O. The van der Waals surface area contributed by atoms with Gasteiger partial charge >= 0.3 is 5.97 Å². The van der Waals surface area contributed by atoms with Crippen LogP contribution in [0.3, 0.4) is 0 Å². The first-order chi connectivity index (χ1) is 14.2. The van der Waals surface area contributed by atoms with Crippen LogP contribution in [0.5, 0.6) is 0 Å². The van der Waals surface area contributed by atoms with Crippen molar-refractivity contribution in [3.63, 3.8) is 0 Å². The van der Waals surface area contributed by atoms with E-state index in [0.29, 0.717) is 12.1 Å². The van der Waals surface area contributed by atoms with E-state index in [1.165, 1.54) is 23.1 Å². The summed E-state index contributed by atoms with van der Waals surface area (Å²) in [5.41, 5.74) is 3.10. The van der Waals surface area contributed by atoms with E-state index in [1.54, 1.807) is 6.92 Å². The smallest absolute Gasteiger partial charge is 0.338 e. The van der Waals surface area contributed by atoms with Gasteiger partial charge in [0.1, 0.15) is 0 Å². The summed E-state index contributed by atoms with van der Waals surface area (Å²) in [5.74, 6) is -1.99. The highest BCUT2D eigenvalue weighted by Crippen LogP contribution is 2.27. The fourth-order valence-corrected chi connectivity index (χ4v) is 3.24. The molecule has 0 fully saturated rings. The molecule has 0 aromatic heterocycles. The Balaban J connectivity index is 1.67. The van der Waals surface area contributed by atoms with Gasteiger partial charge in [0.05, 0.1) is 16.7 Å². The van der Waals surface area contributed by atoms with E-state index in [9.17, 15) is 19.2 Å². The van der Waals surface area contributed by atoms with Crippen LogP contribution >= 0.6 is 0 Å². The molecule has 0 saturated carbocycles. The molecule has 2 aromatic rings. The molecule has 3 amide bonds. The number of carbonyl (C=O) groups is 4. The summed E-state index contributed by atoms with van der Waals surface area (Å²) >= 11 is 0. The van der Waals surface area contributed by atoms with Crippen molar-refractivity contribution in [3.05, 3.63) is 64.2 Å². The number of nitrogens with zero attached hydrogens (tertiary/aromatic N) is 1. The number of ether oxygens (including phenoxy) is 1. The molecule has 1 N–H and O–H groups in total. The van der Waals surface area contributed by atoms with E-state index in [-0.39, 0.29) is 28.6 Å². The van der Waals surface area contributed by atoms with Crippen molar-refractivity contribution < 1.29 is 23.9 Å². The molecular weight excluding hydrogens is 384 g/mol. The molecule has 7 nitrogen and oxygen atoms in total. The Bertz CT molecular complexity index is 1040. The lowest BCUT2D eigenvalue weighted by Gasteiger charge is -2.20. The Hall–Kier alpha value is -3.48. The number of nitrogens with one attached hydrogen (secondary N) is 1. The lowest BCUT2D eigenvalue weighted by atomic mass is 10.1. The summed E-state index contributed by atoms with van der Waals surface area (Å²) in [6.07, 6.45) is 0.635. The Morgan fingerprint density at radius 2 is 1.73 bits per heavy atom. The van der Waals surface area contributed by atoms with Gasteiger partial charge in [-0.15, -0.1) is 0 Å². The van der Waals surface area contributed by atoms with Crippen LogP contribution in [0.4, 0.5) is 5.69 Å². The van der Waals surface area contributed by atoms with Gasteiger partial charge in [0, 0.05) is 11.7 Å². The van der Waals surface area contributed by atoms with Crippen molar-refractivity contribution in [2.45, 2.75) is 40.2 Å². The average molecular weight is 408 g/mol. The van der Waals surface area contributed by atoms with Crippen LogP contribution in [0.2, 0.25) is 0 Å². The van der Waals surface area contributed by atoms with E-state index in [2.05, 4.69) is 5.32 Å². The van der Waals surface area contributed by atoms with Gasteiger partial charge in [-0.1, -0.05) is 19.1 Å². The minimum Gasteiger partial charge on any atom is -0.452 e. The molecule has 30 heavy (non-hydrogen) atoms. The van der Waals surface area contributed by atoms with Crippen LogP contribution in [0.15, 0.2) is 36.4 Å². The number of hydrogen-bond donors (Lipinski definition) is 1. The highest BCUT2D eigenvalue weighted by Gasteiger charge is 2.38. The minimum absolute atomic E-state index is 0.112. The van der Waals surface area contributed by atoms with E-state index in [4.69, 9.17) is 4.74 Å². The first-order valence-electron chi connectivity index (χ1n) is 9.79. The molecule has 1 heterocycles. The van der Waals surface area contributed by atoms with Gasteiger partial charge in [-0.25, -0.2) is 4.79 Å². The summed E-state index contributed by atoms with van der Waals surface area (Å²) in [7, 11) is 0. The summed E-state index contributed by atoms with van der Waals surface area (Å²) < 4.78 is 5.09. The number of aryl methyl sites for hydroxylation is 2. The summed E-state index contributed by atoms with van der Waals surface area (Å²) in [5, 5.41) is 2.72. The molecule has 1 unspecified atom stereocenters. The lowest BCUT2D eigenvalue weighted by molar-refractivity contribution is -0.119. The summed E-state index contributed by atoms with van der Waals surface area (Å²) in [6, 6.07) is 9.65.